The van der Waals surface area contributed by atoms with Gasteiger partial charge < -0.3 is 28.4 Å². The Morgan fingerprint density at radius 1 is 0.688 bits per heavy atom. The minimum Gasteiger partial charge on any atom is -0.408 e. The molecule has 0 bridgehead atoms. The van der Waals surface area contributed by atoms with Gasteiger partial charge in [0, 0.05) is 0 Å². The van der Waals surface area contributed by atoms with E-state index in [0.717, 1.165) is 14.3 Å². The van der Waals surface area contributed by atoms with Gasteiger partial charge in [0.25, 0.3) is 0 Å². The molecule has 1 aromatic carbocycles. The van der Waals surface area contributed by atoms with Crippen molar-refractivity contribution in [3.8, 4) is 0 Å². The van der Waals surface area contributed by atoms with Gasteiger partial charge in [-0.25, -0.2) is 0 Å². The Balaban J connectivity index is 0.000000416. The standard InChI is InChI=1S/C21H46N.C7H5NS2/c1-5-6-7-8-9-10-11-12-13-14-15-16-17-18-19-20-21-22(2,3)4;9-7-8-5-3-1-2-4-6(5)10-7/h5-21H2,1-4H3;1-4H,(H,8,9)/q+1;/p-1. The largest absolute Gasteiger partial charge is 0.408 e. The molecular weight excluding hydrogens is 428 g/mol. The van der Waals surface area contributed by atoms with E-state index in [2.05, 4.69) is 33.1 Å². The first-order valence-corrected chi connectivity index (χ1v) is 14.5. The number of unbranched alkanes of at least 4 members (excludes halogenated alkanes) is 15. The molecule has 2 rings (SSSR count). The average Bonchev–Trinajstić information content (AvgIpc) is 3.13. The second-order valence-corrected chi connectivity index (χ2v) is 11.9. The summed E-state index contributed by atoms with van der Waals surface area (Å²) in [5.74, 6) is 0. The van der Waals surface area contributed by atoms with Crippen molar-refractivity contribution in [3.05, 3.63) is 24.3 Å². The van der Waals surface area contributed by atoms with Crippen LogP contribution >= 0.6 is 11.3 Å². The lowest BCUT2D eigenvalue weighted by atomic mass is 10.0. The first-order valence-electron chi connectivity index (χ1n) is 13.3. The third-order valence-corrected chi connectivity index (χ3v) is 7.13. The smallest absolute Gasteiger partial charge is 0.0780 e. The number of thiazole rings is 1. The lowest BCUT2D eigenvalue weighted by molar-refractivity contribution is -0.870. The van der Waals surface area contributed by atoms with Crippen molar-refractivity contribution < 1.29 is 4.48 Å². The van der Waals surface area contributed by atoms with Crippen LogP contribution in [0.4, 0.5) is 0 Å². The van der Waals surface area contributed by atoms with Crippen LogP contribution in [0.15, 0.2) is 28.6 Å². The molecule has 0 atom stereocenters. The normalized spacial score (nSPS) is 11.5. The Kier molecular flexibility index (Phi) is 17.1. The Morgan fingerprint density at radius 3 is 1.56 bits per heavy atom. The molecule has 0 saturated heterocycles. The summed E-state index contributed by atoms with van der Waals surface area (Å²) in [5, 5.41) is 0. The van der Waals surface area contributed by atoms with Crippen molar-refractivity contribution >= 4 is 34.2 Å². The predicted octanol–water partition coefficient (Wildman–Crippen LogP) is 9.16. The molecule has 0 saturated carbocycles. The Labute approximate surface area is 209 Å². The molecule has 0 aliphatic heterocycles. The number of hydrogen-bond donors (Lipinski definition) is 0. The highest BCUT2D eigenvalue weighted by Crippen LogP contribution is 2.20. The second-order valence-electron chi connectivity index (χ2n) is 10.3. The van der Waals surface area contributed by atoms with Gasteiger partial charge in [0.2, 0.25) is 0 Å². The van der Waals surface area contributed by atoms with E-state index in [1.54, 1.807) is 11.3 Å². The minimum atomic E-state index is 0.723. The van der Waals surface area contributed by atoms with E-state index in [4.69, 9.17) is 12.6 Å². The fourth-order valence-corrected chi connectivity index (χ4v) is 5.05. The number of hydrogen-bond acceptors (Lipinski definition) is 3. The van der Waals surface area contributed by atoms with Crippen molar-refractivity contribution in [2.24, 2.45) is 0 Å². The molecular formula is C28H50N2S2. The van der Waals surface area contributed by atoms with Crippen LogP contribution in [0, 0.1) is 0 Å². The van der Waals surface area contributed by atoms with E-state index in [0.29, 0.717) is 0 Å². The summed E-state index contributed by atoms with van der Waals surface area (Å²) in [7, 11) is 6.89. The lowest BCUT2D eigenvalue weighted by Gasteiger charge is -2.23. The maximum atomic E-state index is 4.92. The number of para-hydroxylation sites is 1. The first-order chi connectivity index (χ1) is 15.4. The second kappa shape index (κ2) is 18.7. The number of benzene rings is 1. The van der Waals surface area contributed by atoms with Crippen LogP contribution < -0.4 is 0 Å². The Bertz CT molecular complexity index is 642. The molecule has 184 valence electrons. The van der Waals surface area contributed by atoms with Crippen LogP contribution in [0.3, 0.4) is 0 Å². The zero-order chi connectivity index (χ0) is 23.5. The number of fused-ring (bicyclic) bond motifs is 1. The highest BCUT2D eigenvalue weighted by atomic mass is 32.2. The summed E-state index contributed by atoms with van der Waals surface area (Å²) in [6.07, 6.45) is 23.4. The highest BCUT2D eigenvalue weighted by molar-refractivity contribution is 7.63. The van der Waals surface area contributed by atoms with Crippen LogP contribution in [-0.2, 0) is 12.6 Å². The van der Waals surface area contributed by atoms with Gasteiger partial charge >= 0.3 is 0 Å². The van der Waals surface area contributed by atoms with Crippen molar-refractivity contribution in [1.29, 1.82) is 0 Å². The van der Waals surface area contributed by atoms with Gasteiger partial charge in [0.15, 0.2) is 0 Å². The molecule has 0 N–H and O–H groups in total. The Morgan fingerprint density at radius 2 is 1.12 bits per heavy atom. The van der Waals surface area contributed by atoms with Crippen LogP contribution in [0.1, 0.15) is 110 Å². The molecule has 32 heavy (non-hydrogen) atoms. The fraction of sp³-hybridized carbons (Fsp3) is 0.750. The lowest BCUT2D eigenvalue weighted by Crippen LogP contribution is -2.35. The zero-order valence-electron chi connectivity index (χ0n) is 21.5. The molecule has 4 heteroatoms. The van der Waals surface area contributed by atoms with Gasteiger partial charge in [0.1, 0.15) is 0 Å². The van der Waals surface area contributed by atoms with E-state index < -0.39 is 0 Å². The quantitative estimate of drug-likeness (QED) is 0.128. The summed E-state index contributed by atoms with van der Waals surface area (Å²) in [6, 6.07) is 7.97. The van der Waals surface area contributed by atoms with Gasteiger partial charge in [-0.3, -0.25) is 4.98 Å². The molecule has 1 heterocycles. The SMILES string of the molecule is CCCCCCCCCCCCCCCCCC[N+](C)(C)C.[S-]c1nc2ccccc2s1. The molecule has 2 aromatic rings. The number of quaternary nitrogens is 1. The summed E-state index contributed by atoms with van der Waals surface area (Å²) in [4.78, 5) is 4.15. The maximum Gasteiger partial charge on any atom is 0.0780 e. The Hall–Kier alpha value is -0.710. The maximum absolute atomic E-state index is 4.92. The molecule has 0 amide bonds. The van der Waals surface area contributed by atoms with Gasteiger partial charge in [-0.05, 0) is 27.9 Å². The van der Waals surface area contributed by atoms with E-state index >= 15 is 0 Å². The van der Waals surface area contributed by atoms with Gasteiger partial charge in [-0.15, -0.1) is 0 Å². The fourth-order valence-electron chi connectivity index (χ4n) is 3.99. The molecule has 0 unspecified atom stereocenters. The summed E-state index contributed by atoms with van der Waals surface area (Å²) < 4.78 is 3.02. The van der Waals surface area contributed by atoms with Crippen LogP contribution in [0.2, 0.25) is 0 Å². The van der Waals surface area contributed by atoms with Crippen LogP contribution in [0.5, 0.6) is 0 Å². The van der Waals surface area contributed by atoms with E-state index in [1.807, 2.05) is 24.3 Å². The van der Waals surface area contributed by atoms with Crippen molar-refractivity contribution in [2.75, 3.05) is 27.7 Å². The van der Waals surface area contributed by atoms with Gasteiger partial charge in [-0.2, -0.15) is 0 Å². The molecule has 0 radical (unpaired) electrons. The van der Waals surface area contributed by atoms with Crippen LogP contribution in [-0.4, -0.2) is 37.2 Å². The topological polar surface area (TPSA) is 12.9 Å². The highest BCUT2D eigenvalue weighted by Gasteiger charge is 2.04. The molecule has 0 aliphatic carbocycles. The van der Waals surface area contributed by atoms with E-state index in [9.17, 15) is 0 Å². The predicted molar refractivity (Wildman–Crippen MR) is 148 cm³/mol. The van der Waals surface area contributed by atoms with Crippen LogP contribution in [0.25, 0.3) is 10.2 Å². The van der Waals surface area contributed by atoms with E-state index in [-0.39, 0.29) is 0 Å². The van der Waals surface area contributed by atoms with Gasteiger partial charge in [-0.1, -0.05) is 115 Å². The molecule has 1 aromatic heterocycles. The monoisotopic (exact) mass is 478 g/mol. The zero-order valence-corrected chi connectivity index (χ0v) is 23.2. The molecule has 0 fully saturated rings. The average molecular weight is 479 g/mol. The first kappa shape index (κ1) is 29.3. The molecule has 2 nitrogen and oxygen atoms in total. The van der Waals surface area contributed by atoms with Crippen molar-refractivity contribution in [3.63, 3.8) is 0 Å². The van der Waals surface area contributed by atoms with Gasteiger partial charge in [0.05, 0.1) is 33.2 Å². The van der Waals surface area contributed by atoms with Crippen molar-refractivity contribution in [2.45, 2.75) is 114 Å². The summed E-state index contributed by atoms with van der Waals surface area (Å²) >= 11 is 6.48. The number of aromatic nitrogens is 1. The van der Waals surface area contributed by atoms with Crippen molar-refractivity contribution in [1.82, 2.24) is 4.98 Å². The summed E-state index contributed by atoms with van der Waals surface area (Å²) in [6.45, 7) is 3.63. The summed E-state index contributed by atoms with van der Waals surface area (Å²) in [5.41, 5.74) is 1.01. The third kappa shape index (κ3) is 16.9. The minimum absolute atomic E-state index is 0.723. The number of rotatable bonds is 17. The van der Waals surface area contributed by atoms with E-state index in [1.165, 1.54) is 114 Å². The number of nitrogens with zero attached hydrogens (tertiary/aromatic N) is 2. The molecule has 0 aliphatic rings. The third-order valence-electron chi connectivity index (χ3n) is 5.96. The molecule has 0 spiro atoms.